The maximum atomic E-state index is 10.6. The molecule has 0 aromatic rings. The van der Waals surface area contributed by atoms with Gasteiger partial charge >= 0.3 is 5.97 Å². The Kier molecular flexibility index (Phi) is 3.39. The van der Waals surface area contributed by atoms with Crippen molar-refractivity contribution in [3.05, 3.63) is 23.3 Å². The topological polar surface area (TPSA) is 63.3 Å². The van der Waals surface area contributed by atoms with Gasteiger partial charge in [-0.1, -0.05) is 24.5 Å². The zero-order valence-electron chi connectivity index (χ0n) is 8.23. The second-order valence-electron chi connectivity index (χ2n) is 3.78. The predicted octanol–water partition coefficient (Wildman–Crippen LogP) is 1.01. The van der Waals surface area contributed by atoms with E-state index >= 15 is 0 Å². The van der Waals surface area contributed by atoms with Gasteiger partial charge in [-0.2, -0.15) is 0 Å². The molecule has 3 N–H and O–H groups in total. The number of nitrogens with two attached hydrogens (primary N) is 1. The van der Waals surface area contributed by atoms with Crippen molar-refractivity contribution in [2.24, 2.45) is 17.6 Å². The van der Waals surface area contributed by atoms with Crippen molar-refractivity contribution in [2.75, 3.05) is 0 Å². The Morgan fingerprint density at radius 3 is 3.00 bits per heavy atom. The van der Waals surface area contributed by atoms with Crippen molar-refractivity contribution < 1.29 is 9.90 Å². The minimum absolute atomic E-state index is 0.202. The van der Waals surface area contributed by atoms with E-state index in [2.05, 4.69) is 0 Å². The largest absolute Gasteiger partial charge is 0.481 e. The van der Waals surface area contributed by atoms with E-state index in [9.17, 15) is 4.79 Å². The fraction of sp³-hybridized carbons (Fsp3) is 0.500. The molecule has 0 aromatic carbocycles. The highest BCUT2D eigenvalue weighted by Crippen LogP contribution is 2.24. The lowest BCUT2D eigenvalue weighted by Gasteiger charge is -2.20. The van der Waals surface area contributed by atoms with Gasteiger partial charge in [0, 0.05) is 5.70 Å². The first kappa shape index (κ1) is 10.9. The van der Waals surface area contributed by atoms with E-state index in [1.54, 1.807) is 13.0 Å². The van der Waals surface area contributed by atoms with Crippen LogP contribution in [0.3, 0.4) is 0 Å². The number of carbonyl (C=O) groups is 1. The maximum absolute atomic E-state index is 10.6. The first-order valence-electron chi connectivity index (χ1n) is 4.65. The van der Waals surface area contributed by atoms with Gasteiger partial charge in [-0.15, -0.1) is 0 Å². The molecule has 0 heterocycles. The van der Waals surface area contributed by atoms with E-state index in [1.807, 2.05) is 6.08 Å². The third-order valence-electron chi connectivity index (χ3n) is 2.48. The molecule has 1 rings (SSSR count). The van der Waals surface area contributed by atoms with Crippen LogP contribution in [0, 0.1) is 11.8 Å². The van der Waals surface area contributed by atoms with E-state index in [1.165, 1.54) is 0 Å². The average molecular weight is 191 g/mol. The van der Waals surface area contributed by atoms with Crippen LogP contribution in [0.2, 0.25) is 0 Å². The quantitative estimate of drug-likeness (QED) is 0.654. The molecule has 2 radical (unpaired) electrons. The van der Waals surface area contributed by atoms with Crippen molar-refractivity contribution in [2.45, 2.75) is 19.8 Å². The van der Waals surface area contributed by atoms with Gasteiger partial charge in [0.1, 0.15) is 7.85 Å². The van der Waals surface area contributed by atoms with Gasteiger partial charge < -0.3 is 10.8 Å². The van der Waals surface area contributed by atoms with Crippen LogP contribution in [0.5, 0.6) is 0 Å². The summed E-state index contributed by atoms with van der Waals surface area (Å²) in [6, 6.07) is 0. The van der Waals surface area contributed by atoms with Gasteiger partial charge in [-0.25, -0.2) is 0 Å². The number of hydrogen-bond donors (Lipinski definition) is 2. The first-order valence-corrected chi connectivity index (χ1v) is 4.65. The molecule has 4 heteroatoms. The van der Waals surface area contributed by atoms with Crippen molar-refractivity contribution in [1.29, 1.82) is 0 Å². The van der Waals surface area contributed by atoms with Crippen LogP contribution >= 0.6 is 0 Å². The Hall–Kier alpha value is -1.19. The molecule has 0 saturated carbocycles. The van der Waals surface area contributed by atoms with Crippen LogP contribution in [0.1, 0.15) is 19.8 Å². The van der Waals surface area contributed by atoms with Crippen LogP contribution in [0.25, 0.3) is 0 Å². The number of carboxylic acid groups (broad SMARTS) is 1. The molecule has 0 aliphatic heterocycles. The minimum atomic E-state index is -0.764. The standard InChI is InChI=1S/C10H14BNO2/c1-6(10(13)14)4-7-2-3-8(11)9(12)5-7/h2-3,6-7H,4-5,12H2,1H3,(H,13,14)/t6-,7?/m0/s1. The second-order valence-corrected chi connectivity index (χ2v) is 3.78. The van der Waals surface area contributed by atoms with Gasteiger partial charge in [-0.05, 0) is 18.8 Å². The molecule has 74 valence electrons. The molecule has 1 unspecified atom stereocenters. The third kappa shape index (κ3) is 2.65. The maximum Gasteiger partial charge on any atom is 0.306 e. The van der Waals surface area contributed by atoms with E-state index in [-0.39, 0.29) is 11.8 Å². The minimum Gasteiger partial charge on any atom is -0.481 e. The molecule has 0 bridgehead atoms. The molecule has 3 nitrogen and oxygen atoms in total. The zero-order valence-corrected chi connectivity index (χ0v) is 8.23. The normalized spacial score (nSPS) is 23.6. The highest BCUT2D eigenvalue weighted by molar-refractivity contribution is 6.23. The Labute approximate surface area is 85.1 Å². The summed E-state index contributed by atoms with van der Waals surface area (Å²) >= 11 is 0. The van der Waals surface area contributed by atoms with Crippen molar-refractivity contribution in [3.63, 3.8) is 0 Å². The summed E-state index contributed by atoms with van der Waals surface area (Å²) in [7, 11) is 5.58. The summed E-state index contributed by atoms with van der Waals surface area (Å²) in [5.74, 6) is -0.898. The molecule has 0 spiro atoms. The molecular weight excluding hydrogens is 177 g/mol. The lowest BCUT2D eigenvalue weighted by Crippen LogP contribution is -2.18. The monoisotopic (exact) mass is 191 g/mol. The van der Waals surface area contributed by atoms with Gasteiger partial charge in [0.25, 0.3) is 0 Å². The van der Waals surface area contributed by atoms with Crippen LogP contribution in [-0.4, -0.2) is 18.9 Å². The summed E-state index contributed by atoms with van der Waals surface area (Å²) in [4.78, 5) is 10.6. The summed E-state index contributed by atoms with van der Waals surface area (Å²) in [6.45, 7) is 1.70. The number of allylic oxidation sites excluding steroid dienone is 4. The Morgan fingerprint density at radius 1 is 1.86 bits per heavy atom. The van der Waals surface area contributed by atoms with Crippen molar-refractivity contribution >= 4 is 13.8 Å². The number of aliphatic carboxylic acids is 1. The number of hydrogen-bond acceptors (Lipinski definition) is 2. The van der Waals surface area contributed by atoms with Gasteiger partial charge in [0.2, 0.25) is 0 Å². The Morgan fingerprint density at radius 2 is 2.50 bits per heavy atom. The fourth-order valence-corrected chi connectivity index (χ4v) is 1.53. The highest BCUT2D eigenvalue weighted by Gasteiger charge is 2.18. The second kappa shape index (κ2) is 4.35. The summed E-state index contributed by atoms with van der Waals surface area (Å²) in [5.41, 5.74) is 6.94. The Bertz CT molecular complexity index is 296. The van der Waals surface area contributed by atoms with Crippen LogP contribution < -0.4 is 5.73 Å². The molecular formula is C10H14BNO2. The average Bonchev–Trinajstić information content (AvgIpc) is 2.11. The highest BCUT2D eigenvalue weighted by atomic mass is 16.4. The molecule has 0 fully saturated rings. The first-order chi connectivity index (χ1) is 6.50. The molecule has 0 amide bonds. The summed E-state index contributed by atoms with van der Waals surface area (Å²) in [5, 5.41) is 8.74. The smallest absolute Gasteiger partial charge is 0.306 e. The van der Waals surface area contributed by atoms with Crippen LogP contribution in [-0.2, 0) is 4.79 Å². The van der Waals surface area contributed by atoms with E-state index in [0.29, 0.717) is 24.0 Å². The molecule has 1 aliphatic carbocycles. The SMILES string of the molecule is [B]C1=C(N)CC(C[C@H](C)C(=O)O)C=C1. The molecule has 1 aliphatic rings. The summed E-state index contributed by atoms with van der Waals surface area (Å²) in [6.07, 6.45) is 4.98. The molecule has 2 atom stereocenters. The summed E-state index contributed by atoms with van der Waals surface area (Å²) < 4.78 is 0. The van der Waals surface area contributed by atoms with Gasteiger partial charge in [-0.3, -0.25) is 4.79 Å². The lowest BCUT2D eigenvalue weighted by atomic mass is 9.81. The van der Waals surface area contributed by atoms with E-state index < -0.39 is 5.97 Å². The molecule has 0 aromatic heterocycles. The lowest BCUT2D eigenvalue weighted by molar-refractivity contribution is -0.141. The third-order valence-corrected chi connectivity index (χ3v) is 2.48. The van der Waals surface area contributed by atoms with E-state index in [0.717, 1.165) is 0 Å². The molecule has 14 heavy (non-hydrogen) atoms. The van der Waals surface area contributed by atoms with Crippen LogP contribution in [0.4, 0.5) is 0 Å². The van der Waals surface area contributed by atoms with Crippen molar-refractivity contribution in [1.82, 2.24) is 0 Å². The molecule has 0 saturated heterocycles. The Balaban J connectivity index is 2.52. The zero-order chi connectivity index (χ0) is 10.7. The van der Waals surface area contributed by atoms with Crippen LogP contribution in [0.15, 0.2) is 23.3 Å². The van der Waals surface area contributed by atoms with Gasteiger partial charge in [0.05, 0.1) is 5.92 Å². The van der Waals surface area contributed by atoms with E-state index in [4.69, 9.17) is 18.7 Å². The number of carboxylic acids is 1. The van der Waals surface area contributed by atoms with Crippen molar-refractivity contribution in [3.8, 4) is 0 Å². The number of rotatable bonds is 3. The fourth-order valence-electron chi connectivity index (χ4n) is 1.53. The predicted molar refractivity (Wildman–Crippen MR) is 55.6 cm³/mol. The van der Waals surface area contributed by atoms with Gasteiger partial charge in [0.15, 0.2) is 0 Å².